The quantitative estimate of drug-likeness (QED) is 0.904. The number of rotatable bonds is 2. The zero-order valence-corrected chi connectivity index (χ0v) is 12.3. The third-order valence-electron chi connectivity index (χ3n) is 4.31. The van der Waals surface area contributed by atoms with E-state index < -0.39 is 0 Å². The van der Waals surface area contributed by atoms with Gasteiger partial charge in [0, 0.05) is 31.2 Å². The fourth-order valence-corrected chi connectivity index (χ4v) is 3.14. The SMILES string of the molecule is CC1CN(C(=O)NCC(=O)N2CCCC2)c2ccccc21. The number of amides is 3. The van der Waals surface area contributed by atoms with Crippen LogP contribution in [0.2, 0.25) is 0 Å². The number of hydrogen-bond donors (Lipinski definition) is 1. The van der Waals surface area contributed by atoms with Crippen molar-refractivity contribution in [1.82, 2.24) is 10.2 Å². The Morgan fingerprint density at radius 1 is 1.24 bits per heavy atom. The number of likely N-dealkylation sites (tertiary alicyclic amines) is 1. The Kier molecular flexibility index (Phi) is 3.82. The minimum atomic E-state index is -0.181. The lowest BCUT2D eigenvalue weighted by atomic mass is 10.0. The van der Waals surface area contributed by atoms with Gasteiger partial charge < -0.3 is 10.2 Å². The van der Waals surface area contributed by atoms with Crippen molar-refractivity contribution >= 4 is 17.6 Å². The predicted molar refractivity (Wildman–Crippen MR) is 81.4 cm³/mol. The first kappa shape index (κ1) is 13.9. The van der Waals surface area contributed by atoms with Crippen molar-refractivity contribution in [2.24, 2.45) is 0 Å². The van der Waals surface area contributed by atoms with E-state index in [-0.39, 0.29) is 18.5 Å². The Morgan fingerprint density at radius 3 is 2.71 bits per heavy atom. The van der Waals surface area contributed by atoms with Crippen LogP contribution in [0, 0.1) is 0 Å². The molecule has 2 aliphatic heterocycles. The molecular formula is C16H21N3O2. The van der Waals surface area contributed by atoms with Gasteiger partial charge in [-0.3, -0.25) is 9.69 Å². The first-order chi connectivity index (χ1) is 10.2. The largest absolute Gasteiger partial charge is 0.341 e. The third kappa shape index (κ3) is 2.73. The van der Waals surface area contributed by atoms with Crippen LogP contribution in [0.1, 0.15) is 31.2 Å². The van der Waals surface area contributed by atoms with E-state index in [0.29, 0.717) is 12.5 Å². The summed E-state index contributed by atoms with van der Waals surface area (Å²) >= 11 is 0. The molecule has 0 spiro atoms. The van der Waals surface area contributed by atoms with E-state index in [4.69, 9.17) is 0 Å². The van der Waals surface area contributed by atoms with Crippen LogP contribution < -0.4 is 10.2 Å². The second-order valence-corrected chi connectivity index (χ2v) is 5.82. The molecule has 1 fully saturated rings. The maximum absolute atomic E-state index is 12.3. The van der Waals surface area contributed by atoms with Crippen LogP contribution in [-0.4, -0.2) is 43.0 Å². The van der Waals surface area contributed by atoms with E-state index in [2.05, 4.69) is 18.3 Å². The van der Waals surface area contributed by atoms with Crippen LogP contribution in [0.5, 0.6) is 0 Å². The molecule has 2 aliphatic rings. The highest BCUT2D eigenvalue weighted by atomic mass is 16.2. The number of hydrogen-bond acceptors (Lipinski definition) is 2. The zero-order chi connectivity index (χ0) is 14.8. The molecule has 5 nitrogen and oxygen atoms in total. The highest BCUT2D eigenvalue weighted by Gasteiger charge is 2.29. The molecule has 1 N–H and O–H groups in total. The van der Waals surface area contributed by atoms with Crippen molar-refractivity contribution < 1.29 is 9.59 Å². The van der Waals surface area contributed by atoms with Gasteiger partial charge in [-0.25, -0.2) is 4.79 Å². The lowest BCUT2D eigenvalue weighted by Gasteiger charge is -2.20. The maximum Gasteiger partial charge on any atom is 0.322 e. The minimum absolute atomic E-state index is 0.0152. The van der Waals surface area contributed by atoms with Crippen molar-refractivity contribution in [2.45, 2.75) is 25.7 Å². The minimum Gasteiger partial charge on any atom is -0.341 e. The molecule has 3 rings (SSSR count). The van der Waals surface area contributed by atoms with E-state index in [9.17, 15) is 9.59 Å². The number of carbonyl (C=O) groups is 2. The number of carbonyl (C=O) groups excluding carboxylic acids is 2. The Hall–Kier alpha value is -2.04. The Bertz CT molecular complexity index is 552. The highest BCUT2D eigenvalue weighted by Crippen LogP contribution is 2.35. The topological polar surface area (TPSA) is 52.7 Å². The van der Waals surface area contributed by atoms with E-state index in [1.54, 1.807) is 4.90 Å². The van der Waals surface area contributed by atoms with Crippen LogP contribution in [0.4, 0.5) is 10.5 Å². The number of para-hydroxylation sites is 1. The van der Waals surface area contributed by atoms with Gasteiger partial charge in [0.25, 0.3) is 0 Å². The fourth-order valence-electron chi connectivity index (χ4n) is 3.14. The molecule has 1 atom stereocenters. The molecule has 1 saturated heterocycles. The predicted octanol–water partition coefficient (Wildman–Crippen LogP) is 1.94. The summed E-state index contributed by atoms with van der Waals surface area (Å²) in [6.45, 7) is 4.51. The summed E-state index contributed by atoms with van der Waals surface area (Å²) in [6.07, 6.45) is 2.13. The molecule has 1 aromatic rings. The Morgan fingerprint density at radius 2 is 1.95 bits per heavy atom. The van der Waals surface area contributed by atoms with Gasteiger partial charge in [0.15, 0.2) is 0 Å². The van der Waals surface area contributed by atoms with Gasteiger partial charge in [-0.15, -0.1) is 0 Å². The second-order valence-electron chi connectivity index (χ2n) is 5.82. The fraction of sp³-hybridized carbons (Fsp3) is 0.500. The summed E-state index contributed by atoms with van der Waals surface area (Å²) in [6, 6.07) is 7.77. The van der Waals surface area contributed by atoms with Gasteiger partial charge in [-0.1, -0.05) is 25.1 Å². The first-order valence-corrected chi connectivity index (χ1v) is 7.59. The summed E-state index contributed by atoms with van der Waals surface area (Å²) in [5, 5.41) is 2.76. The van der Waals surface area contributed by atoms with E-state index in [0.717, 1.165) is 31.6 Å². The van der Waals surface area contributed by atoms with Gasteiger partial charge >= 0.3 is 6.03 Å². The molecule has 0 radical (unpaired) electrons. The number of nitrogens with one attached hydrogen (secondary N) is 1. The molecule has 2 heterocycles. The average molecular weight is 287 g/mol. The molecular weight excluding hydrogens is 266 g/mol. The second kappa shape index (κ2) is 5.76. The number of anilines is 1. The molecule has 3 amide bonds. The Labute approximate surface area is 124 Å². The summed E-state index contributed by atoms with van der Waals surface area (Å²) in [5.41, 5.74) is 2.15. The van der Waals surface area contributed by atoms with Gasteiger partial charge in [0.05, 0.1) is 6.54 Å². The molecule has 0 saturated carbocycles. The number of fused-ring (bicyclic) bond motifs is 1. The van der Waals surface area contributed by atoms with Crippen LogP contribution in [-0.2, 0) is 4.79 Å². The van der Waals surface area contributed by atoms with Gasteiger partial charge in [0.2, 0.25) is 5.91 Å². The number of benzene rings is 1. The maximum atomic E-state index is 12.3. The van der Waals surface area contributed by atoms with Crippen molar-refractivity contribution in [1.29, 1.82) is 0 Å². The zero-order valence-electron chi connectivity index (χ0n) is 12.3. The van der Waals surface area contributed by atoms with Crippen LogP contribution >= 0.6 is 0 Å². The molecule has 0 bridgehead atoms. The van der Waals surface area contributed by atoms with Crippen molar-refractivity contribution in [2.75, 3.05) is 31.1 Å². The van der Waals surface area contributed by atoms with Gasteiger partial charge in [-0.05, 0) is 24.5 Å². The van der Waals surface area contributed by atoms with Crippen molar-refractivity contribution in [3.8, 4) is 0 Å². The van der Waals surface area contributed by atoms with Crippen LogP contribution in [0.3, 0.4) is 0 Å². The smallest absolute Gasteiger partial charge is 0.322 e. The molecule has 0 aliphatic carbocycles. The molecule has 0 aromatic heterocycles. The summed E-state index contributed by atoms with van der Waals surface area (Å²) in [5.74, 6) is 0.350. The molecule has 112 valence electrons. The Balaban J connectivity index is 1.60. The van der Waals surface area contributed by atoms with Crippen LogP contribution in [0.15, 0.2) is 24.3 Å². The van der Waals surface area contributed by atoms with Gasteiger partial charge in [-0.2, -0.15) is 0 Å². The van der Waals surface area contributed by atoms with Crippen LogP contribution in [0.25, 0.3) is 0 Å². The van der Waals surface area contributed by atoms with Gasteiger partial charge in [0.1, 0.15) is 0 Å². The molecule has 5 heteroatoms. The normalized spacial score (nSPS) is 20.5. The number of urea groups is 1. The van der Waals surface area contributed by atoms with Crippen molar-refractivity contribution in [3.05, 3.63) is 29.8 Å². The standard InChI is InChI=1S/C16H21N3O2/c1-12-11-19(14-7-3-2-6-13(12)14)16(21)17-10-15(20)18-8-4-5-9-18/h2-3,6-7,12H,4-5,8-11H2,1H3,(H,17,21). The third-order valence-corrected chi connectivity index (χ3v) is 4.31. The van der Waals surface area contributed by atoms with E-state index in [1.807, 2.05) is 23.1 Å². The lowest BCUT2D eigenvalue weighted by Crippen LogP contribution is -2.44. The summed E-state index contributed by atoms with van der Waals surface area (Å²) in [7, 11) is 0. The summed E-state index contributed by atoms with van der Waals surface area (Å²) < 4.78 is 0. The molecule has 1 aromatic carbocycles. The lowest BCUT2D eigenvalue weighted by molar-refractivity contribution is -0.128. The van der Waals surface area contributed by atoms with E-state index in [1.165, 1.54) is 5.56 Å². The summed E-state index contributed by atoms with van der Waals surface area (Å²) in [4.78, 5) is 27.8. The average Bonchev–Trinajstić information content (AvgIpc) is 3.13. The molecule has 1 unspecified atom stereocenters. The molecule has 21 heavy (non-hydrogen) atoms. The monoisotopic (exact) mass is 287 g/mol. The van der Waals surface area contributed by atoms with Crippen molar-refractivity contribution in [3.63, 3.8) is 0 Å². The van der Waals surface area contributed by atoms with E-state index >= 15 is 0 Å². The highest BCUT2D eigenvalue weighted by molar-refractivity contribution is 5.96. The number of nitrogens with zero attached hydrogens (tertiary/aromatic N) is 2. The first-order valence-electron chi connectivity index (χ1n) is 7.59.